The fourth-order valence-corrected chi connectivity index (χ4v) is 2.78. The van der Waals surface area contributed by atoms with Crippen LogP contribution in [0.3, 0.4) is 0 Å². The predicted molar refractivity (Wildman–Crippen MR) is 85.7 cm³/mol. The lowest BCUT2D eigenvalue weighted by molar-refractivity contribution is -0.402. The summed E-state index contributed by atoms with van der Waals surface area (Å²) in [5, 5.41) is 13.5. The number of furan rings is 1. The lowest BCUT2D eigenvalue weighted by Crippen LogP contribution is -2.41. The molecule has 1 aromatic carbocycles. The smallest absolute Gasteiger partial charge is 0.433 e. The number of nitro groups is 1. The second kappa shape index (κ2) is 5.55. The van der Waals surface area contributed by atoms with Gasteiger partial charge in [0.2, 0.25) is 0 Å². The molecule has 2 heterocycles. The lowest BCUT2D eigenvalue weighted by atomic mass is 9.89. The summed E-state index contributed by atoms with van der Waals surface area (Å²) in [5.74, 6) is -0.469. The number of carbonyl (C=O) groups is 1. The number of ether oxygens (including phenoxy) is 1. The predicted octanol–water partition coefficient (Wildman–Crippen LogP) is 2.80. The zero-order valence-corrected chi connectivity index (χ0v) is 13.2. The van der Waals surface area contributed by atoms with Crippen LogP contribution in [0.5, 0.6) is 5.75 Å². The van der Waals surface area contributed by atoms with Crippen LogP contribution in [0.1, 0.15) is 42.4 Å². The highest BCUT2D eigenvalue weighted by atomic mass is 16.6. The molecule has 1 amide bonds. The molecule has 0 radical (unpaired) electrons. The van der Waals surface area contributed by atoms with E-state index in [1.165, 1.54) is 6.07 Å². The van der Waals surface area contributed by atoms with E-state index >= 15 is 0 Å². The van der Waals surface area contributed by atoms with Crippen LogP contribution in [0.2, 0.25) is 0 Å². The van der Waals surface area contributed by atoms with E-state index in [1.54, 1.807) is 18.2 Å². The number of nitrogens with zero attached hydrogens (tertiary/aromatic N) is 1. The number of fused-ring (bicyclic) bond motifs is 1. The molecule has 0 spiro atoms. The van der Waals surface area contributed by atoms with Crippen LogP contribution in [0.15, 0.2) is 34.7 Å². The van der Waals surface area contributed by atoms with E-state index < -0.39 is 22.3 Å². The first-order valence-electron chi connectivity index (χ1n) is 7.39. The first-order chi connectivity index (χ1) is 11.2. The summed E-state index contributed by atoms with van der Waals surface area (Å²) in [4.78, 5) is 22.3. The van der Waals surface area contributed by atoms with Gasteiger partial charge in [-0.2, -0.15) is 0 Å². The molecule has 0 fully saturated rings. The van der Waals surface area contributed by atoms with Crippen LogP contribution in [-0.4, -0.2) is 16.4 Å². The van der Waals surface area contributed by atoms with Crippen molar-refractivity contribution >= 4 is 17.5 Å². The zero-order chi connectivity index (χ0) is 17.5. The molecule has 126 valence electrons. The molecule has 1 aliphatic rings. The third-order valence-corrected chi connectivity index (χ3v) is 3.79. The highest BCUT2D eigenvalue weighted by molar-refractivity contribution is 5.92. The molecule has 3 rings (SSSR count). The fourth-order valence-electron chi connectivity index (χ4n) is 2.78. The summed E-state index contributed by atoms with van der Waals surface area (Å²) in [6, 6.07) is 7.33. The topological polar surface area (TPSA) is 121 Å². The lowest BCUT2D eigenvalue weighted by Gasteiger charge is -2.37. The standard InChI is InChI=1S/C16H17N3O5/c1-16(2)8-11(10-7-9(17)3-4-12(10)24-16)18-15(20)13-5-6-14(23-13)19(21)22/h3-7,11H,8,17H2,1-2H3,(H,18,20). The Balaban J connectivity index is 1.87. The van der Waals surface area contributed by atoms with Crippen molar-refractivity contribution < 1.29 is 18.9 Å². The summed E-state index contributed by atoms with van der Waals surface area (Å²) in [6.07, 6.45) is 0.526. The van der Waals surface area contributed by atoms with Crippen LogP contribution >= 0.6 is 0 Å². The minimum atomic E-state index is -0.690. The molecule has 0 aliphatic carbocycles. The van der Waals surface area contributed by atoms with Gasteiger partial charge in [-0.05, 0) is 38.1 Å². The van der Waals surface area contributed by atoms with Gasteiger partial charge in [0.1, 0.15) is 16.3 Å². The molecule has 1 atom stereocenters. The van der Waals surface area contributed by atoms with Crippen molar-refractivity contribution in [3.05, 3.63) is 51.8 Å². The average Bonchev–Trinajstić information content (AvgIpc) is 2.97. The van der Waals surface area contributed by atoms with Gasteiger partial charge in [0.15, 0.2) is 5.76 Å². The van der Waals surface area contributed by atoms with Crippen LogP contribution in [-0.2, 0) is 0 Å². The van der Waals surface area contributed by atoms with Crippen molar-refractivity contribution in [2.75, 3.05) is 5.73 Å². The summed E-state index contributed by atoms with van der Waals surface area (Å²) < 4.78 is 10.9. The van der Waals surface area contributed by atoms with Crippen LogP contribution in [0, 0.1) is 10.1 Å². The SMILES string of the molecule is CC1(C)CC(NC(=O)c2ccc([N+](=O)[O-])o2)c2cc(N)ccc2O1. The first kappa shape index (κ1) is 15.9. The van der Waals surface area contributed by atoms with Gasteiger partial charge in [-0.3, -0.25) is 14.9 Å². The molecule has 3 N–H and O–H groups in total. The van der Waals surface area contributed by atoms with E-state index in [0.717, 1.165) is 11.6 Å². The van der Waals surface area contributed by atoms with Crippen molar-refractivity contribution in [3.63, 3.8) is 0 Å². The number of hydrogen-bond acceptors (Lipinski definition) is 6. The van der Waals surface area contributed by atoms with Gasteiger partial charge in [-0.25, -0.2) is 0 Å². The van der Waals surface area contributed by atoms with Crippen molar-refractivity contribution in [2.24, 2.45) is 0 Å². The number of nitrogens with one attached hydrogen (secondary N) is 1. The molecule has 0 saturated heterocycles. The Hall–Kier alpha value is -3.03. The van der Waals surface area contributed by atoms with Gasteiger partial charge in [0, 0.05) is 17.7 Å². The molecule has 24 heavy (non-hydrogen) atoms. The third-order valence-electron chi connectivity index (χ3n) is 3.79. The van der Waals surface area contributed by atoms with Crippen molar-refractivity contribution in [2.45, 2.75) is 31.9 Å². The summed E-state index contributed by atoms with van der Waals surface area (Å²) in [6.45, 7) is 3.84. The normalized spacial score (nSPS) is 18.3. The quantitative estimate of drug-likeness (QED) is 0.507. The molecule has 0 bridgehead atoms. The zero-order valence-electron chi connectivity index (χ0n) is 13.2. The second-order valence-electron chi connectivity index (χ2n) is 6.28. The van der Waals surface area contributed by atoms with Crippen LogP contribution in [0.25, 0.3) is 0 Å². The van der Waals surface area contributed by atoms with Crippen LogP contribution < -0.4 is 15.8 Å². The minimum absolute atomic E-state index is 0.114. The van der Waals surface area contributed by atoms with E-state index in [4.69, 9.17) is 14.9 Å². The number of benzene rings is 1. The molecule has 1 aromatic heterocycles. The van der Waals surface area contributed by atoms with Gasteiger partial charge in [-0.15, -0.1) is 0 Å². The molecule has 8 nitrogen and oxygen atoms in total. The number of anilines is 1. The van der Waals surface area contributed by atoms with E-state index in [0.29, 0.717) is 17.9 Å². The summed E-state index contributed by atoms with van der Waals surface area (Å²) in [5.41, 5.74) is 6.68. The van der Waals surface area contributed by atoms with Gasteiger partial charge < -0.3 is 20.2 Å². The Morgan fingerprint density at radius 2 is 2.12 bits per heavy atom. The van der Waals surface area contributed by atoms with Gasteiger partial charge in [0.25, 0.3) is 5.91 Å². The minimum Gasteiger partial charge on any atom is -0.487 e. The fraction of sp³-hybridized carbons (Fsp3) is 0.312. The summed E-state index contributed by atoms with van der Waals surface area (Å²) >= 11 is 0. The van der Waals surface area contributed by atoms with Crippen LogP contribution in [0.4, 0.5) is 11.6 Å². The molecule has 0 saturated carbocycles. The van der Waals surface area contributed by atoms with E-state index in [1.807, 2.05) is 13.8 Å². The number of nitrogens with two attached hydrogens (primary N) is 1. The molecule has 8 heteroatoms. The second-order valence-corrected chi connectivity index (χ2v) is 6.28. The number of nitrogen functional groups attached to an aromatic ring is 1. The Morgan fingerprint density at radius 3 is 2.79 bits per heavy atom. The van der Waals surface area contributed by atoms with E-state index in [9.17, 15) is 14.9 Å². The first-order valence-corrected chi connectivity index (χ1v) is 7.39. The third kappa shape index (κ3) is 3.03. The van der Waals surface area contributed by atoms with Crippen molar-refractivity contribution in [1.29, 1.82) is 0 Å². The Bertz CT molecular complexity index is 812. The van der Waals surface area contributed by atoms with Crippen molar-refractivity contribution in [1.82, 2.24) is 5.32 Å². The van der Waals surface area contributed by atoms with Gasteiger partial charge in [0.05, 0.1) is 12.1 Å². The summed E-state index contributed by atoms with van der Waals surface area (Å²) in [7, 11) is 0. The average molecular weight is 331 g/mol. The maximum absolute atomic E-state index is 12.4. The maximum Gasteiger partial charge on any atom is 0.433 e. The Kier molecular flexibility index (Phi) is 3.67. The molecular formula is C16H17N3O5. The van der Waals surface area contributed by atoms with Gasteiger partial charge >= 0.3 is 5.88 Å². The number of rotatable bonds is 3. The Morgan fingerprint density at radius 1 is 1.38 bits per heavy atom. The molecule has 1 aliphatic heterocycles. The largest absolute Gasteiger partial charge is 0.487 e. The highest BCUT2D eigenvalue weighted by Crippen LogP contribution is 2.40. The van der Waals surface area contributed by atoms with Gasteiger partial charge in [-0.1, -0.05) is 0 Å². The molecular weight excluding hydrogens is 314 g/mol. The number of amides is 1. The van der Waals surface area contributed by atoms with Crippen molar-refractivity contribution in [3.8, 4) is 5.75 Å². The Labute approximate surface area is 137 Å². The molecule has 2 aromatic rings. The monoisotopic (exact) mass is 331 g/mol. The van der Waals surface area contributed by atoms with E-state index in [-0.39, 0.29) is 11.8 Å². The number of carbonyl (C=O) groups excluding carboxylic acids is 1. The molecule has 1 unspecified atom stereocenters. The highest BCUT2D eigenvalue weighted by Gasteiger charge is 2.35. The van der Waals surface area contributed by atoms with E-state index in [2.05, 4.69) is 5.32 Å². The maximum atomic E-state index is 12.4. The number of hydrogen-bond donors (Lipinski definition) is 2.